The van der Waals surface area contributed by atoms with E-state index in [2.05, 4.69) is 16.2 Å². The molecule has 0 unspecified atom stereocenters. The van der Waals surface area contributed by atoms with Gasteiger partial charge in [0.1, 0.15) is 11.4 Å². The molecule has 0 aromatic heterocycles. The molecule has 35 heavy (non-hydrogen) atoms. The van der Waals surface area contributed by atoms with Gasteiger partial charge in [0.25, 0.3) is 17.7 Å². The lowest BCUT2D eigenvalue weighted by molar-refractivity contribution is -0.113. The molecule has 0 fully saturated rings. The summed E-state index contributed by atoms with van der Waals surface area (Å²) in [5.41, 5.74) is 7.19. The molecule has 1 aliphatic rings. The number of aliphatic hydroxyl groups is 1. The van der Waals surface area contributed by atoms with Gasteiger partial charge in [0.05, 0.1) is 16.8 Å². The number of nitrogens with one attached hydrogen (secondary N) is 3. The van der Waals surface area contributed by atoms with Gasteiger partial charge in [0, 0.05) is 5.69 Å². The topological polar surface area (TPSA) is 137 Å². The minimum atomic E-state index is -1.06. The van der Waals surface area contributed by atoms with E-state index in [1.807, 2.05) is 26.0 Å². The minimum absolute atomic E-state index is 0.00126. The molecule has 1 aliphatic heterocycles. The summed E-state index contributed by atoms with van der Waals surface area (Å²) >= 11 is 0. The first-order chi connectivity index (χ1) is 16.3. The quantitative estimate of drug-likeness (QED) is 0.216. The highest BCUT2D eigenvalue weighted by molar-refractivity contribution is 6.28. The van der Waals surface area contributed by atoms with Gasteiger partial charge in [-0.2, -0.15) is 4.90 Å². The standard InChI is InChI=1S/C25H28N4O6/c1-13-7-10-19(14(2)11-13)26-21(31)20(15(3)30)28-27-16-8-9-17-18(12-16)23(33)29(22(17)32)24(34)35-25(4,5)6/h7-12,27-28,30H,1-6H3,(H,26,31)/b20-15-. The number of hydrazine groups is 1. The number of aliphatic hydroxyl groups excluding tert-OH is 1. The second-order valence-corrected chi connectivity index (χ2v) is 9.17. The summed E-state index contributed by atoms with van der Waals surface area (Å²) in [4.78, 5) is 50.9. The molecule has 0 aliphatic carbocycles. The van der Waals surface area contributed by atoms with Crippen molar-refractivity contribution < 1.29 is 29.0 Å². The molecule has 10 heteroatoms. The van der Waals surface area contributed by atoms with Crippen LogP contribution in [0.4, 0.5) is 16.2 Å². The summed E-state index contributed by atoms with van der Waals surface area (Å²) in [5, 5.41) is 12.8. The van der Waals surface area contributed by atoms with Crippen molar-refractivity contribution >= 4 is 35.2 Å². The summed E-state index contributed by atoms with van der Waals surface area (Å²) in [6.45, 7) is 10.0. The van der Waals surface area contributed by atoms with Crippen molar-refractivity contribution in [1.82, 2.24) is 10.3 Å². The first kappa shape index (κ1) is 25.3. The largest absolute Gasteiger partial charge is 0.510 e. The second-order valence-electron chi connectivity index (χ2n) is 9.17. The maximum absolute atomic E-state index is 12.7. The summed E-state index contributed by atoms with van der Waals surface area (Å²) in [6, 6.07) is 9.77. The molecule has 2 aromatic rings. The van der Waals surface area contributed by atoms with E-state index in [1.165, 1.54) is 25.1 Å². The third-order valence-electron chi connectivity index (χ3n) is 5.01. The predicted octanol–water partition coefficient (Wildman–Crippen LogP) is 4.18. The summed E-state index contributed by atoms with van der Waals surface area (Å²) in [7, 11) is 0. The van der Waals surface area contributed by atoms with Gasteiger partial charge in [0.2, 0.25) is 0 Å². The second kappa shape index (κ2) is 9.49. The van der Waals surface area contributed by atoms with Crippen molar-refractivity contribution in [1.29, 1.82) is 0 Å². The number of nitrogens with zero attached hydrogens (tertiary/aromatic N) is 1. The molecule has 4 amide bonds. The lowest BCUT2D eigenvalue weighted by Crippen LogP contribution is -2.40. The normalized spacial score (nSPS) is 13.7. The predicted molar refractivity (Wildman–Crippen MR) is 130 cm³/mol. The molecule has 3 rings (SSSR count). The molecule has 0 saturated heterocycles. The van der Waals surface area contributed by atoms with Gasteiger partial charge in [-0.1, -0.05) is 17.7 Å². The smallest absolute Gasteiger partial charge is 0.424 e. The van der Waals surface area contributed by atoms with E-state index in [-0.39, 0.29) is 22.6 Å². The molecule has 10 nitrogen and oxygen atoms in total. The van der Waals surface area contributed by atoms with Gasteiger partial charge < -0.3 is 20.6 Å². The molecule has 0 bridgehead atoms. The summed E-state index contributed by atoms with van der Waals surface area (Å²) < 4.78 is 5.16. The number of amides is 4. The molecule has 0 radical (unpaired) electrons. The average molecular weight is 481 g/mol. The van der Waals surface area contributed by atoms with Crippen LogP contribution in [0.15, 0.2) is 47.9 Å². The first-order valence-electron chi connectivity index (χ1n) is 10.8. The molecule has 0 atom stereocenters. The number of benzene rings is 2. The Morgan fingerprint density at radius 1 is 0.971 bits per heavy atom. The van der Waals surface area contributed by atoms with E-state index < -0.39 is 29.4 Å². The fraction of sp³-hybridized carbons (Fsp3) is 0.280. The van der Waals surface area contributed by atoms with E-state index >= 15 is 0 Å². The fourth-order valence-corrected chi connectivity index (χ4v) is 3.38. The number of anilines is 2. The van der Waals surface area contributed by atoms with Crippen LogP contribution in [0.1, 0.15) is 59.5 Å². The van der Waals surface area contributed by atoms with Crippen LogP contribution in [0.3, 0.4) is 0 Å². The molecule has 4 N–H and O–H groups in total. The number of ether oxygens (including phenoxy) is 1. The molecule has 184 valence electrons. The Kier molecular flexibility index (Phi) is 6.86. The highest BCUT2D eigenvalue weighted by atomic mass is 16.6. The molecule has 0 spiro atoms. The van der Waals surface area contributed by atoms with E-state index in [1.54, 1.807) is 26.8 Å². The summed E-state index contributed by atoms with van der Waals surface area (Å²) in [6.07, 6.45) is -1.06. The monoisotopic (exact) mass is 480 g/mol. The van der Waals surface area contributed by atoms with Gasteiger partial charge in [0.15, 0.2) is 5.70 Å². The van der Waals surface area contributed by atoms with Crippen molar-refractivity contribution in [2.45, 2.75) is 47.1 Å². The van der Waals surface area contributed by atoms with Crippen LogP contribution in [-0.2, 0) is 9.53 Å². The Labute approximate surface area is 202 Å². The number of hydrogen-bond acceptors (Lipinski definition) is 8. The Bertz CT molecular complexity index is 1260. The zero-order chi connectivity index (χ0) is 26.1. The minimum Gasteiger partial charge on any atom is -0.510 e. The third kappa shape index (κ3) is 5.60. The van der Waals surface area contributed by atoms with Gasteiger partial charge in [-0.15, -0.1) is 0 Å². The van der Waals surface area contributed by atoms with Crippen LogP contribution in [-0.4, -0.2) is 39.4 Å². The molecular formula is C25H28N4O6. The van der Waals surface area contributed by atoms with Gasteiger partial charge in [-0.25, -0.2) is 4.79 Å². The van der Waals surface area contributed by atoms with Crippen LogP contribution in [0.25, 0.3) is 0 Å². The molecule has 0 saturated carbocycles. The lowest BCUT2D eigenvalue weighted by Gasteiger charge is -2.22. The molecule has 2 aromatic carbocycles. The van der Waals surface area contributed by atoms with E-state index in [9.17, 15) is 24.3 Å². The van der Waals surface area contributed by atoms with Crippen LogP contribution >= 0.6 is 0 Å². The number of allylic oxidation sites excluding steroid dienone is 1. The maximum Gasteiger partial charge on any atom is 0.424 e. The van der Waals surface area contributed by atoms with Gasteiger partial charge in [-0.3, -0.25) is 19.8 Å². The Morgan fingerprint density at radius 3 is 2.23 bits per heavy atom. The van der Waals surface area contributed by atoms with Crippen LogP contribution in [0.2, 0.25) is 0 Å². The maximum atomic E-state index is 12.7. The fourth-order valence-electron chi connectivity index (χ4n) is 3.38. The zero-order valence-corrected chi connectivity index (χ0v) is 20.4. The molecule has 1 heterocycles. The Balaban J connectivity index is 1.74. The number of rotatable bonds is 5. The average Bonchev–Trinajstić information content (AvgIpc) is 2.98. The highest BCUT2D eigenvalue weighted by Gasteiger charge is 2.42. The van der Waals surface area contributed by atoms with E-state index in [0.717, 1.165) is 11.1 Å². The number of fused-ring (bicyclic) bond motifs is 1. The lowest BCUT2D eigenvalue weighted by atomic mass is 10.1. The number of aryl methyl sites for hydroxylation is 2. The van der Waals surface area contributed by atoms with Crippen molar-refractivity contribution in [3.8, 4) is 0 Å². The van der Waals surface area contributed by atoms with Gasteiger partial charge in [-0.05, 0) is 71.4 Å². The van der Waals surface area contributed by atoms with E-state index in [0.29, 0.717) is 16.3 Å². The van der Waals surface area contributed by atoms with Crippen LogP contribution in [0, 0.1) is 13.8 Å². The van der Waals surface area contributed by atoms with Crippen LogP contribution < -0.4 is 16.2 Å². The summed E-state index contributed by atoms with van der Waals surface area (Å²) in [5.74, 6) is -2.46. The molecular weight excluding hydrogens is 452 g/mol. The Morgan fingerprint density at radius 2 is 1.63 bits per heavy atom. The highest BCUT2D eigenvalue weighted by Crippen LogP contribution is 2.27. The number of imide groups is 3. The first-order valence-corrected chi connectivity index (χ1v) is 10.8. The Hall–Kier alpha value is -4.34. The van der Waals surface area contributed by atoms with Crippen molar-refractivity contribution in [3.63, 3.8) is 0 Å². The van der Waals surface area contributed by atoms with Crippen molar-refractivity contribution in [2.75, 3.05) is 10.7 Å². The SMILES string of the molecule is C/C(O)=C(/NNc1ccc2c(c1)C(=O)N(C(=O)OC(C)(C)C)C2=O)C(=O)Nc1ccc(C)cc1C. The van der Waals surface area contributed by atoms with Crippen molar-refractivity contribution in [3.05, 3.63) is 70.1 Å². The number of carbonyl (C=O) groups excluding carboxylic acids is 4. The number of carbonyl (C=O) groups is 4. The number of hydrogen-bond donors (Lipinski definition) is 4. The van der Waals surface area contributed by atoms with E-state index in [4.69, 9.17) is 4.74 Å². The van der Waals surface area contributed by atoms with Crippen LogP contribution in [0.5, 0.6) is 0 Å². The van der Waals surface area contributed by atoms with Crippen molar-refractivity contribution in [2.24, 2.45) is 0 Å². The zero-order valence-electron chi connectivity index (χ0n) is 20.4. The third-order valence-corrected chi connectivity index (χ3v) is 5.01. The van der Waals surface area contributed by atoms with Gasteiger partial charge >= 0.3 is 6.09 Å².